The summed E-state index contributed by atoms with van der Waals surface area (Å²) in [6.45, 7) is 3.79. The number of para-hydroxylation sites is 1. The highest BCUT2D eigenvalue weighted by Crippen LogP contribution is 2.21. The van der Waals surface area contributed by atoms with Gasteiger partial charge in [0.1, 0.15) is 11.6 Å². The van der Waals surface area contributed by atoms with Gasteiger partial charge in [0, 0.05) is 24.7 Å². The van der Waals surface area contributed by atoms with Crippen molar-refractivity contribution in [2.45, 2.75) is 56.3 Å². The number of β-amino-alcohol motifs (C(OH)–C–C–N with tert-alkyl or cyclic N) is 1. The Morgan fingerprint density at radius 1 is 1.22 bits per heavy atom. The first-order valence-corrected chi connectivity index (χ1v) is 13.8. The Morgan fingerprint density at radius 3 is 2.68 bits per heavy atom. The molecule has 3 heterocycles. The third kappa shape index (κ3) is 6.00. The van der Waals surface area contributed by atoms with E-state index in [9.17, 15) is 23.1 Å². The maximum absolute atomic E-state index is 13.3. The predicted octanol–water partition coefficient (Wildman–Crippen LogP) is 2.30. The fourth-order valence-electron chi connectivity index (χ4n) is 4.41. The van der Waals surface area contributed by atoms with Crippen LogP contribution in [0.2, 0.25) is 0 Å². The van der Waals surface area contributed by atoms with Gasteiger partial charge in [-0.05, 0) is 43.0 Å². The van der Waals surface area contributed by atoms with Crippen LogP contribution in [0.3, 0.4) is 0 Å². The van der Waals surface area contributed by atoms with Gasteiger partial charge in [-0.3, -0.25) is 9.59 Å². The molecule has 11 heteroatoms. The number of nitrogens with zero attached hydrogens (tertiary/aromatic N) is 2. The number of benzene rings is 1. The van der Waals surface area contributed by atoms with Gasteiger partial charge in [0.2, 0.25) is 5.91 Å². The Labute approximate surface area is 216 Å². The first-order valence-electron chi connectivity index (χ1n) is 12.4. The summed E-state index contributed by atoms with van der Waals surface area (Å²) in [4.78, 5) is 30.2. The molecule has 3 aromatic rings. The second-order valence-electron chi connectivity index (χ2n) is 9.34. The summed E-state index contributed by atoms with van der Waals surface area (Å²) >= 11 is 0. The summed E-state index contributed by atoms with van der Waals surface area (Å²) in [5, 5.41) is 17.2. The van der Waals surface area contributed by atoms with Crippen molar-refractivity contribution < 1.29 is 27.5 Å². The first-order chi connectivity index (χ1) is 17.7. The number of carbonyl (C=O) groups excluding carboxylic acids is 2. The van der Waals surface area contributed by atoms with Gasteiger partial charge in [-0.25, -0.2) is 13.4 Å². The van der Waals surface area contributed by atoms with E-state index in [1.165, 1.54) is 16.6 Å². The van der Waals surface area contributed by atoms with Gasteiger partial charge in [0.15, 0.2) is 10.8 Å². The summed E-state index contributed by atoms with van der Waals surface area (Å²) in [5.41, 5.74) is 0.573. The second-order valence-corrected chi connectivity index (χ2v) is 11.2. The number of furan rings is 1. The van der Waals surface area contributed by atoms with Crippen LogP contribution >= 0.6 is 0 Å². The van der Waals surface area contributed by atoms with Gasteiger partial charge in [0.05, 0.1) is 12.1 Å². The molecule has 1 fully saturated rings. The Bertz CT molecular complexity index is 1310. The number of aromatic nitrogens is 1. The van der Waals surface area contributed by atoms with Crippen LogP contribution in [0, 0.1) is 5.92 Å². The first kappa shape index (κ1) is 26.8. The van der Waals surface area contributed by atoms with E-state index >= 15 is 0 Å². The lowest BCUT2D eigenvalue weighted by Crippen LogP contribution is -2.55. The summed E-state index contributed by atoms with van der Waals surface area (Å²) in [6, 6.07) is 12.0. The topological polar surface area (TPSA) is 142 Å². The standard InChI is InChI=1S/C26H32N4O6S/c1-3-17(2)24(29-25(32)22-15-18-9-4-5-11-21(18)36-22)26(33)28-19-10-8-14-30(16-20(19)31)37(34,35)23-12-6-7-13-27-23/h4-7,9,11-13,15,17,19-20,24,31H,3,8,10,14,16H2,1-2H3,(H,28,33)(H,29,32)/t17?,19?,20?,24-/m0/s1. The number of rotatable bonds is 8. The molecule has 0 radical (unpaired) electrons. The summed E-state index contributed by atoms with van der Waals surface area (Å²) in [5.74, 6) is -1.04. The highest BCUT2D eigenvalue weighted by atomic mass is 32.2. The Balaban J connectivity index is 1.44. The number of amides is 2. The molecule has 10 nitrogen and oxygen atoms in total. The summed E-state index contributed by atoms with van der Waals surface area (Å²) in [7, 11) is -3.88. The van der Waals surface area contributed by atoms with Crippen LogP contribution in [-0.4, -0.2) is 65.9 Å². The highest BCUT2D eigenvalue weighted by Gasteiger charge is 2.36. The van der Waals surface area contributed by atoms with E-state index in [0.29, 0.717) is 24.8 Å². The van der Waals surface area contributed by atoms with E-state index < -0.39 is 40.0 Å². The molecule has 2 amide bonds. The maximum atomic E-state index is 13.3. The number of nitrogens with one attached hydrogen (secondary N) is 2. The number of aliphatic hydroxyl groups excluding tert-OH is 1. The van der Waals surface area contributed by atoms with Crippen LogP contribution in [-0.2, 0) is 14.8 Å². The number of fused-ring (bicyclic) bond motifs is 1. The molecule has 1 aliphatic heterocycles. The van der Waals surface area contributed by atoms with Crippen molar-refractivity contribution in [1.29, 1.82) is 0 Å². The summed E-state index contributed by atoms with van der Waals surface area (Å²) < 4.78 is 32.8. The zero-order valence-electron chi connectivity index (χ0n) is 20.8. The quantitative estimate of drug-likeness (QED) is 0.407. The molecule has 1 saturated heterocycles. The Kier molecular flexibility index (Phi) is 8.25. The SMILES string of the molecule is CCC(C)[C@H](NC(=O)c1cc2ccccc2o1)C(=O)NC1CCCN(S(=O)(=O)c2ccccn2)CC1O. The number of aliphatic hydroxyl groups is 1. The lowest BCUT2D eigenvalue weighted by Gasteiger charge is -2.28. The van der Waals surface area contributed by atoms with Gasteiger partial charge >= 0.3 is 0 Å². The molecular weight excluding hydrogens is 496 g/mol. The van der Waals surface area contributed by atoms with Crippen molar-refractivity contribution in [1.82, 2.24) is 19.9 Å². The minimum Gasteiger partial charge on any atom is -0.451 e. The Morgan fingerprint density at radius 2 is 1.97 bits per heavy atom. The lowest BCUT2D eigenvalue weighted by molar-refractivity contribution is -0.125. The minimum atomic E-state index is -3.88. The number of pyridine rings is 1. The van der Waals surface area contributed by atoms with E-state index in [4.69, 9.17) is 4.42 Å². The average molecular weight is 529 g/mol. The molecule has 3 unspecified atom stereocenters. The van der Waals surface area contributed by atoms with Crippen molar-refractivity contribution in [3.63, 3.8) is 0 Å². The zero-order valence-corrected chi connectivity index (χ0v) is 21.6. The second kappa shape index (κ2) is 11.4. The molecule has 198 valence electrons. The molecule has 4 atom stereocenters. The molecule has 1 aromatic carbocycles. The van der Waals surface area contributed by atoms with Crippen LogP contribution < -0.4 is 10.6 Å². The smallest absolute Gasteiger partial charge is 0.287 e. The molecule has 2 aromatic heterocycles. The van der Waals surface area contributed by atoms with Crippen LogP contribution in [0.5, 0.6) is 0 Å². The fourth-order valence-corrected chi connectivity index (χ4v) is 5.83. The third-order valence-corrected chi connectivity index (χ3v) is 8.56. The van der Waals surface area contributed by atoms with Gasteiger partial charge < -0.3 is 20.2 Å². The van der Waals surface area contributed by atoms with Crippen molar-refractivity contribution in [3.05, 3.63) is 60.5 Å². The van der Waals surface area contributed by atoms with E-state index in [-0.39, 0.29) is 29.8 Å². The van der Waals surface area contributed by atoms with E-state index in [1.54, 1.807) is 24.3 Å². The normalized spacial score (nSPS) is 20.6. The molecular formula is C26H32N4O6S. The molecule has 4 rings (SSSR count). The van der Waals surface area contributed by atoms with Gasteiger partial charge in [-0.2, -0.15) is 4.31 Å². The van der Waals surface area contributed by atoms with Crippen molar-refractivity contribution in [2.24, 2.45) is 5.92 Å². The molecule has 0 aliphatic carbocycles. The number of carbonyl (C=O) groups is 2. The van der Waals surface area contributed by atoms with E-state index in [2.05, 4.69) is 15.6 Å². The molecule has 0 bridgehead atoms. The van der Waals surface area contributed by atoms with Crippen LogP contribution in [0.15, 0.2) is 64.2 Å². The van der Waals surface area contributed by atoms with Crippen LogP contribution in [0.25, 0.3) is 11.0 Å². The van der Waals surface area contributed by atoms with Gasteiger partial charge in [-0.1, -0.05) is 44.5 Å². The van der Waals surface area contributed by atoms with Crippen LogP contribution in [0.1, 0.15) is 43.7 Å². The third-order valence-electron chi connectivity index (χ3n) is 6.78. The zero-order chi connectivity index (χ0) is 26.6. The monoisotopic (exact) mass is 528 g/mol. The van der Waals surface area contributed by atoms with Gasteiger partial charge in [-0.15, -0.1) is 0 Å². The molecule has 0 saturated carbocycles. The number of sulfonamides is 1. The average Bonchev–Trinajstić information content (AvgIpc) is 3.26. The number of hydrogen-bond donors (Lipinski definition) is 3. The van der Waals surface area contributed by atoms with Gasteiger partial charge in [0.25, 0.3) is 15.9 Å². The van der Waals surface area contributed by atoms with Crippen molar-refractivity contribution >= 4 is 32.8 Å². The number of hydrogen-bond acceptors (Lipinski definition) is 7. The Hall–Kier alpha value is -3.28. The van der Waals surface area contributed by atoms with E-state index in [0.717, 1.165) is 5.39 Å². The molecule has 0 spiro atoms. The minimum absolute atomic E-state index is 0.0881. The maximum Gasteiger partial charge on any atom is 0.287 e. The highest BCUT2D eigenvalue weighted by molar-refractivity contribution is 7.89. The fraction of sp³-hybridized carbons (Fsp3) is 0.423. The van der Waals surface area contributed by atoms with Crippen molar-refractivity contribution in [3.8, 4) is 0 Å². The van der Waals surface area contributed by atoms with E-state index in [1.807, 2.05) is 32.0 Å². The van der Waals surface area contributed by atoms with Crippen LogP contribution in [0.4, 0.5) is 0 Å². The predicted molar refractivity (Wildman–Crippen MR) is 137 cm³/mol. The largest absolute Gasteiger partial charge is 0.451 e. The van der Waals surface area contributed by atoms with Crippen molar-refractivity contribution in [2.75, 3.05) is 13.1 Å². The lowest BCUT2D eigenvalue weighted by atomic mass is 9.97. The summed E-state index contributed by atoms with van der Waals surface area (Å²) in [6.07, 6.45) is 1.72. The molecule has 1 aliphatic rings. The molecule has 3 N–H and O–H groups in total. The molecule has 37 heavy (non-hydrogen) atoms.